The molecule has 0 saturated heterocycles. The van der Waals surface area contributed by atoms with Crippen molar-refractivity contribution >= 4 is 5.69 Å². The summed E-state index contributed by atoms with van der Waals surface area (Å²) in [6.45, 7) is 4.57. The van der Waals surface area contributed by atoms with Gasteiger partial charge in [0.2, 0.25) is 5.88 Å². The second kappa shape index (κ2) is 5.93. The fourth-order valence-electron chi connectivity index (χ4n) is 2.50. The molecule has 2 aromatic carbocycles. The number of nitrogen functional groups attached to an aromatic ring is 1. The summed E-state index contributed by atoms with van der Waals surface area (Å²) in [5.74, 6) is 0.735. The largest absolute Gasteiger partial charge is 0.478 e. The third-order valence-corrected chi connectivity index (χ3v) is 3.56. The summed E-state index contributed by atoms with van der Waals surface area (Å²) in [6, 6.07) is 17.8. The fourth-order valence-corrected chi connectivity index (χ4v) is 2.50. The highest BCUT2D eigenvalue weighted by Gasteiger charge is 2.19. The molecule has 2 N–H and O–H groups in total. The van der Waals surface area contributed by atoms with Crippen molar-refractivity contribution in [2.45, 2.75) is 13.8 Å². The molecule has 3 rings (SSSR count). The average molecular weight is 293 g/mol. The van der Waals surface area contributed by atoms with Gasteiger partial charge in [-0.2, -0.15) is 9.78 Å². The maximum atomic E-state index is 6.10. The van der Waals surface area contributed by atoms with Crippen LogP contribution in [0.1, 0.15) is 12.5 Å². The summed E-state index contributed by atoms with van der Waals surface area (Å²) in [5.41, 5.74) is 10.6. The fraction of sp³-hybridized carbons (Fsp3) is 0.167. The van der Waals surface area contributed by atoms with Gasteiger partial charge in [0.25, 0.3) is 0 Å². The molecule has 3 aromatic rings. The number of rotatable bonds is 4. The van der Waals surface area contributed by atoms with Gasteiger partial charge in [-0.1, -0.05) is 42.5 Å². The molecule has 0 unspecified atom stereocenters. The van der Waals surface area contributed by atoms with E-state index in [0.717, 1.165) is 28.4 Å². The Labute approximate surface area is 130 Å². The molecule has 0 aliphatic carbocycles. The third kappa shape index (κ3) is 2.44. The Kier molecular flexibility index (Phi) is 3.83. The first-order chi connectivity index (χ1) is 10.7. The van der Waals surface area contributed by atoms with Crippen molar-refractivity contribution < 1.29 is 4.74 Å². The van der Waals surface area contributed by atoms with E-state index < -0.39 is 0 Å². The first kappa shape index (κ1) is 14.2. The van der Waals surface area contributed by atoms with E-state index in [0.29, 0.717) is 12.3 Å². The summed E-state index contributed by atoms with van der Waals surface area (Å²) in [4.78, 5) is 0. The Morgan fingerprint density at radius 2 is 1.73 bits per heavy atom. The molecule has 4 heteroatoms. The topological polar surface area (TPSA) is 53.1 Å². The second-order valence-electron chi connectivity index (χ2n) is 5.05. The molecule has 0 saturated carbocycles. The molecule has 1 aromatic heterocycles. The van der Waals surface area contributed by atoms with Gasteiger partial charge in [0.15, 0.2) is 0 Å². The van der Waals surface area contributed by atoms with E-state index in [2.05, 4.69) is 0 Å². The van der Waals surface area contributed by atoms with Crippen LogP contribution in [-0.2, 0) is 0 Å². The summed E-state index contributed by atoms with van der Waals surface area (Å²) in [7, 11) is 0. The summed E-state index contributed by atoms with van der Waals surface area (Å²) < 4.78 is 7.61. The third-order valence-electron chi connectivity index (χ3n) is 3.56. The van der Waals surface area contributed by atoms with E-state index in [-0.39, 0.29) is 0 Å². The molecule has 4 nitrogen and oxygen atoms in total. The van der Waals surface area contributed by atoms with Crippen molar-refractivity contribution in [1.29, 1.82) is 0 Å². The van der Waals surface area contributed by atoms with Gasteiger partial charge in [0.05, 0.1) is 23.7 Å². The van der Waals surface area contributed by atoms with Gasteiger partial charge in [-0.15, -0.1) is 0 Å². The van der Waals surface area contributed by atoms with Crippen LogP contribution in [-0.4, -0.2) is 16.4 Å². The minimum absolute atomic E-state index is 0.577. The van der Waals surface area contributed by atoms with Crippen molar-refractivity contribution in [2.24, 2.45) is 0 Å². The van der Waals surface area contributed by atoms with Crippen LogP contribution in [0.15, 0.2) is 54.6 Å². The van der Waals surface area contributed by atoms with Gasteiger partial charge in [-0.05, 0) is 26.0 Å². The smallest absolute Gasteiger partial charge is 0.220 e. The Morgan fingerprint density at radius 1 is 1.05 bits per heavy atom. The number of nitrogens with two attached hydrogens (primary N) is 1. The highest BCUT2D eigenvalue weighted by molar-refractivity contribution is 5.67. The standard InChI is InChI=1S/C18H19N3O/c1-3-22-18-13(2)17(14-9-5-4-6-10-14)20-21(18)16-12-8-7-11-15(16)19/h4-12H,3,19H2,1-2H3. The molecule has 0 bridgehead atoms. The van der Waals surface area contributed by atoms with Crippen LogP contribution < -0.4 is 10.5 Å². The number of para-hydroxylation sites is 2. The van der Waals surface area contributed by atoms with Crippen molar-refractivity contribution in [2.75, 3.05) is 12.3 Å². The van der Waals surface area contributed by atoms with Gasteiger partial charge in [-0.3, -0.25) is 0 Å². The highest BCUT2D eigenvalue weighted by atomic mass is 16.5. The summed E-state index contributed by atoms with van der Waals surface area (Å²) >= 11 is 0. The molecule has 112 valence electrons. The molecule has 0 aliphatic heterocycles. The molecule has 0 radical (unpaired) electrons. The van der Waals surface area contributed by atoms with Crippen LogP contribution in [0.5, 0.6) is 5.88 Å². The van der Waals surface area contributed by atoms with Crippen LogP contribution in [0.2, 0.25) is 0 Å². The van der Waals surface area contributed by atoms with E-state index in [1.807, 2.05) is 68.4 Å². The zero-order chi connectivity index (χ0) is 15.5. The molecular formula is C18H19N3O. The van der Waals surface area contributed by atoms with E-state index in [1.54, 1.807) is 4.68 Å². The van der Waals surface area contributed by atoms with Crippen LogP contribution in [0.3, 0.4) is 0 Å². The molecule has 1 heterocycles. The molecular weight excluding hydrogens is 274 g/mol. The molecule has 22 heavy (non-hydrogen) atoms. The lowest BCUT2D eigenvalue weighted by atomic mass is 10.1. The van der Waals surface area contributed by atoms with Crippen LogP contribution in [0.4, 0.5) is 5.69 Å². The predicted molar refractivity (Wildman–Crippen MR) is 89.3 cm³/mol. The monoisotopic (exact) mass is 293 g/mol. The Balaban J connectivity index is 2.20. The predicted octanol–water partition coefficient (Wildman–Crippen LogP) is 3.83. The van der Waals surface area contributed by atoms with Gasteiger partial charge < -0.3 is 10.5 Å². The maximum absolute atomic E-state index is 6.10. The lowest BCUT2D eigenvalue weighted by molar-refractivity contribution is 0.314. The van der Waals surface area contributed by atoms with Crippen molar-refractivity contribution in [3.8, 4) is 22.8 Å². The number of anilines is 1. The van der Waals surface area contributed by atoms with E-state index >= 15 is 0 Å². The van der Waals surface area contributed by atoms with Gasteiger partial charge in [0, 0.05) is 11.1 Å². The average Bonchev–Trinajstić information content (AvgIpc) is 2.86. The molecule has 0 atom stereocenters. The zero-order valence-electron chi connectivity index (χ0n) is 12.8. The van der Waals surface area contributed by atoms with Crippen LogP contribution in [0.25, 0.3) is 16.9 Å². The quantitative estimate of drug-likeness (QED) is 0.744. The first-order valence-electron chi connectivity index (χ1n) is 7.35. The number of benzene rings is 2. The molecule has 0 amide bonds. The van der Waals surface area contributed by atoms with Crippen LogP contribution >= 0.6 is 0 Å². The van der Waals surface area contributed by atoms with Crippen LogP contribution in [0, 0.1) is 6.92 Å². The lowest BCUT2D eigenvalue weighted by Crippen LogP contribution is -2.05. The Morgan fingerprint density at radius 3 is 2.41 bits per heavy atom. The van der Waals surface area contributed by atoms with E-state index in [9.17, 15) is 0 Å². The first-order valence-corrected chi connectivity index (χ1v) is 7.35. The van der Waals surface area contributed by atoms with Gasteiger partial charge >= 0.3 is 0 Å². The Bertz CT molecular complexity index is 778. The second-order valence-corrected chi connectivity index (χ2v) is 5.05. The molecule has 0 aliphatic rings. The summed E-state index contributed by atoms with van der Waals surface area (Å²) in [5, 5.41) is 4.74. The number of nitrogens with zero attached hydrogens (tertiary/aromatic N) is 2. The summed E-state index contributed by atoms with van der Waals surface area (Å²) in [6.07, 6.45) is 0. The number of aromatic nitrogens is 2. The Hall–Kier alpha value is -2.75. The molecule has 0 fully saturated rings. The molecule has 0 spiro atoms. The highest BCUT2D eigenvalue weighted by Crippen LogP contribution is 2.33. The van der Waals surface area contributed by atoms with E-state index in [1.165, 1.54) is 0 Å². The van der Waals surface area contributed by atoms with Crippen molar-refractivity contribution in [3.05, 3.63) is 60.2 Å². The minimum Gasteiger partial charge on any atom is -0.478 e. The number of ether oxygens (including phenoxy) is 1. The van der Waals surface area contributed by atoms with Gasteiger partial charge in [0.1, 0.15) is 0 Å². The SMILES string of the molecule is CCOc1c(C)c(-c2ccccc2)nn1-c1ccccc1N. The maximum Gasteiger partial charge on any atom is 0.220 e. The minimum atomic E-state index is 0.577. The van der Waals surface area contributed by atoms with E-state index in [4.69, 9.17) is 15.6 Å². The number of hydrogen-bond acceptors (Lipinski definition) is 3. The number of hydrogen-bond donors (Lipinski definition) is 1. The van der Waals surface area contributed by atoms with Crippen molar-refractivity contribution in [3.63, 3.8) is 0 Å². The van der Waals surface area contributed by atoms with Gasteiger partial charge in [-0.25, -0.2) is 0 Å². The normalized spacial score (nSPS) is 10.6. The zero-order valence-corrected chi connectivity index (χ0v) is 12.8. The van der Waals surface area contributed by atoms with Crippen molar-refractivity contribution in [1.82, 2.24) is 9.78 Å². The lowest BCUT2D eigenvalue weighted by Gasteiger charge is -2.10.